The maximum atomic E-state index is 10.8. The zero-order chi connectivity index (χ0) is 12.1. The summed E-state index contributed by atoms with van der Waals surface area (Å²) in [7, 11) is 0. The van der Waals surface area contributed by atoms with Gasteiger partial charge in [0.05, 0.1) is 18.3 Å². The van der Waals surface area contributed by atoms with Gasteiger partial charge >= 0.3 is 5.97 Å². The normalized spacial score (nSPS) is 13.1. The van der Waals surface area contributed by atoms with E-state index in [9.17, 15) is 4.79 Å². The number of nitrogens with zero attached hydrogens (tertiary/aromatic N) is 2. The topological polar surface area (TPSA) is 53.4 Å². The van der Waals surface area contributed by atoms with Gasteiger partial charge in [-0.3, -0.25) is 14.7 Å². The molecule has 0 unspecified atom stereocenters. The maximum absolute atomic E-state index is 10.8. The Bertz CT molecular complexity index is 338. The maximum Gasteiger partial charge on any atom is 0.317 e. The van der Waals surface area contributed by atoms with E-state index in [2.05, 4.69) is 4.98 Å². The van der Waals surface area contributed by atoms with E-state index in [4.69, 9.17) is 5.11 Å². The van der Waals surface area contributed by atoms with Crippen LogP contribution in [0.2, 0.25) is 0 Å². The van der Waals surface area contributed by atoms with E-state index in [1.165, 1.54) is 0 Å². The van der Waals surface area contributed by atoms with Crippen LogP contribution < -0.4 is 0 Å². The third kappa shape index (κ3) is 3.31. The molecule has 1 aromatic rings. The van der Waals surface area contributed by atoms with E-state index < -0.39 is 5.97 Å². The molecule has 4 heteroatoms. The summed E-state index contributed by atoms with van der Waals surface area (Å²) in [6, 6.07) is 5.87. The Labute approximate surface area is 95.9 Å². The third-order valence-electron chi connectivity index (χ3n) is 2.59. The Morgan fingerprint density at radius 1 is 1.44 bits per heavy atom. The van der Waals surface area contributed by atoms with Gasteiger partial charge in [0.2, 0.25) is 0 Å². The second-order valence-electron chi connectivity index (χ2n) is 4.09. The van der Waals surface area contributed by atoms with Crippen molar-refractivity contribution >= 4 is 5.97 Å². The summed E-state index contributed by atoms with van der Waals surface area (Å²) in [6.07, 6.45) is 1.73. The zero-order valence-corrected chi connectivity index (χ0v) is 9.92. The molecule has 1 atom stereocenters. The molecule has 0 bridgehead atoms. The van der Waals surface area contributed by atoms with Crippen LogP contribution in [0.3, 0.4) is 0 Å². The predicted molar refractivity (Wildman–Crippen MR) is 62.1 cm³/mol. The van der Waals surface area contributed by atoms with E-state index >= 15 is 0 Å². The summed E-state index contributed by atoms with van der Waals surface area (Å²) in [6.45, 7) is 5.99. The lowest BCUT2D eigenvalue weighted by Gasteiger charge is -2.30. The molecule has 88 valence electrons. The number of hydrogen-bond acceptors (Lipinski definition) is 3. The number of aromatic nitrogens is 1. The molecule has 1 N–H and O–H groups in total. The molecular weight excluding hydrogens is 204 g/mol. The molecule has 0 fully saturated rings. The molecule has 4 nitrogen and oxygen atoms in total. The fraction of sp³-hybridized carbons (Fsp3) is 0.500. The number of carboxylic acids is 1. The Kier molecular flexibility index (Phi) is 4.43. The number of hydrogen-bond donors (Lipinski definition) is 1. The summed E-state index contributed by atoms with van der Waals surface area (Å²) in [5, 5.41) is 8.87. The molecular formula is C12H18N2O2. The second kappa shape index (κ2) is 5.61. The molecule has 0 saturated carbocycles. The minimum absolute atomic E-state index is 0.0114. The van der Waals surface area contributed by atoms with Gasteiger partial charge in [0.1, 0.15) is 0 Å². The molecule has 1 rings (SSSR count). The lowest BCUT2D eigenvalue weighted by molar-refractivity contribution is -0.139. The number of carbonyl (C=O) groups is 1. The van der Waals surface area contributed by atoms with Gasteiger partial charge in [-0.25, -0.2) is 0 Å². The largest absolute Gasteiger partial charge is 0.480 e. The van der Waals surface area contributed by atoms with Crippen LogP contribution in [-0.4, -0.2) is 33.5 Å². The van der Waals surface area contributed by atoms with E-state index in [-0.39, 0.29) is 18.6 Å². The molecule has 0 saturated heterocycles. The van der Waals surface area contributed by atoms with Gasteiger partial charge in [-0.1, -0.05) is 6.07 Å². The van der Waals surface area contributed by atoms with Crippen LogP contribution >= 0.6 is 0 Å². The molecule has 0 aliphatic rings. The predicted octanol–water partition coefficient (Wildman–Crippen LogP) is 1.94. The first-order chi connectivity index (χ1) is 7.52. The Morgan fingerprint density at radius 3 is 2.56 bits per heavy atom. The lowest BCUT2D eigenvalue weighted by atomic mass is 10.1. The zero-order valence-electron chi connectivity index (χ0n) is 9.92. The van der Waals surface area contributed by atoms with Crippen molar-refractivity contribution in [1.29, 1.82) is 0 Å². The molecule has 0 aliphatic heterocycles. The average molecular weight is 222 g/mol. The van der Waals surface area contributed by atoms with Crippen LogP contribution in [0, 0.1) is 0 Å². The molecule has 0 aromatic carbocycles. The van der Waals surface area contributed by atoms with E-state index in [0.29, 0.717) is 0 Å². The van der Waals surface area contributed by atoms with Crippen molar-refractivity contribution in [3.63, 3.8) is 0 Å². The quantitative estimate of drug-likeness (QED) is 0.827. The van der Waals surface area contributed by atoms with Gasteiger partial charge in [-0.15, -0.1) is 0 Å². The SMILES string of the molecule is CC(C)N(CC(=O)O)[C@@H](C)c1ccccn1. The van der Waals surface area contributed by atoms with Gasteiger partial charge < -0.3 is 5.11 Å². The van der Waals surface area contributed by atoms with Crippen molar-refractivity contribution in [1.82, 2.24) is 9.88 Å². The van der Waals surface area contributed by atoms with Gasteiger partial charge in [-0.2, -0.15) is 0 Å². The number of rotatable bonds is 5. The van der Waals surface area contributed by atoms with Crippen molar-refractivity contribution in [3.8, 4) is 0 Å². The fourth-order valence-electron chi connectivity index (χ4n) is 1.72. The van der Waals surface area contributed by atoms with E-state index in [1.807, 2.05) is 43.9 Å². The van der Waals surface area contributed by atoms with Crippen LogP contribution in [0.15, 0.2) is 24.4 Å². The number of pyridine rings is 1. The van der Waals surface area contributed by atoms with E-state index in [1.54, 1.807) is 6.20 Å². The van der Waals surface area contributed by atoms with Gasteiger partial charge in [0.15, 0.2) is 0 Å². The summed E-state index contributed by atoms with van der Waals surface area (Å²) in [5.74, 6) is -0.809. The van der Waals surface area contributed by atoms with Crippen molar-refractivity contribution in [2.45, 2.75) is 32.9 Å². The molecule has 0 aliphatic carbocycles. The molecule has 0 spiro atoms. The van der Waals surface area contributed by atoms with Crippen molar-refractivity contribution in [3.05, 3.63) is 30.1 Å². The van der Waals surface area contributed by atoms with Gasteiger partial charge in [0.25, 0.3) is 0 Å². The number of aliphatic carboxylic acids is 1. The molecule has 1 aromatic heterocycles. The van der Waals surface area contributed by atoms with E-state index in [0.717, 1.165) is 5.69 Å². The van der Waals surface area contributed by atoms with Crippen LogP contribution in [0.5, 0.6) is 0 Å². The van der Waals surface area contributed by atoms with Crippen LogP contribution in [0.4, 0.5) is 0 Å². The van der Waals surface area contributed by atoms with Crippen LogP contribution in [0.1, 0.15) is 32.5 Å². The molecule has 1 heterocycles. The summed E-state index contributed by atoms with van der Waals surface area (Å²) in [4.78, 5) is 16.9. The first-order valence-corrected chi connectivity index (χ1v) is 5.41. The lowest BCUT2D eigenvalue weighted by Crippen LogP contribution is -2.38. The van der Waals surface area contributed by atoms with Gasteiger partial charge in [-0.05, 0) is 32.9 Å². The first kappa shape index (κ1) is 12.6. The molecule has 16 heavy (non-hydrogen) atoms. The van der Waals surface area contributed by atoms with Crippen LogP contribution in [0.25, 0.3) is 0 Å². The Hall–Kier alpha value is -1.42. The molecule has 0 amide bonds. The average Bonchev–Trinajstić information content (AvgIpc) is 2.25. The van der Waals surface area contributed by atoms with Crippen molar-refractivity contribution < 1.29 is 9.90 Å². The fourth-order valence-corrected chi connectivity index (χ4v) is 1.72. The minimum atomic E-state index is -0.809. The smallest absolute Gasteiger partial charge is 0.317 e. The highest BCUT2D eigenvalue weighted by atomic mass is 16.4. The highest BCUT2D eigenvalue weighted by molar-refractivity contribution is 5.69. The Morgan fingerprint density at radius 2 is 2.12 bits per heavy atom. The third-order valence-corrected chi connectivity index (χ3v) is 2.59. The highest BCUT2D eigenvalue weighted by Gasteiger charge is 2.21. The minimum Gasteiger partial charge on any atom is -0.480 e. The monoisotopic (exact) mass is 222 g/mol. The highest BCUT2D eigenvalue weighted by Crippen LogP contribution is 2.19. The molecule has 0 radical (unpaired) electrons. The van der Waals surface area contributed by atoms with Crippen molar-refractivity contribution in [2.75, 3.05) is 6.54 Å². The number of carboxylic acid groups (broad SMARTS) is 1. The van der Waals surface area contributed by atoms with Crippen LogP contribution in [-0.2, 0) is 4.79 Å². The second-order valence-corrected chi connectivity index (χ2v) is 4.09. The van der Waals surface area contributed by atoms with Crippen molar-refractivity contribution in [2.24, 2.45) is 0 Å². The summed E-state index contributed by atoms with van der Waals surface area (Å²) < 4.78 is 0. The summed E-state index contributed by atoms with van der Waals surface area (Å²) >= 11 is 0. The standard InChI is InChI=1S/C12H18N2O2/c1-9(2)14(8-12(15)16)10(3)11-6-4-5-7-13-11/h4-7,9-10H,8H2,1-3H3,(H,15,16)/t10-/m0/s1. The van der Waals surface area contributed by atoms with Gasteiger partial charge in [0, 0.05) is 12.2 Å². The Balaban J connectivity index is 2.83. The summed E-state index contributed by atoms with van der Waals surface area (Å²) in [5.41, 5.74) is 0.900. The first-order valence-electron chi connectivity index (χ1n) is 5.41.